The van der Waals surface area contributed by atoms with Gasteiger partial charge in [-0.2, -0.15) is 0 Å². The van der Waals surface area contributed by atoms with Gasteiger partial charge in [0, 0.05) is 22.0 Å². The molecule has 13 aromatic rings. The molecule has 0 atom stereocenters. The molecule has 2 aromatic heterocycles. The monoisotopic (exact) mass is 855 g/mol. The van der Waals surface area contributed by atoms with Crippen molar-refractivity contribution in [2.45, 2.75) is 0 Å². The SMILES string of the molecule is c1ccc(-c2ccc3c(c2)oc2cccc(N(c4ccc(-c5ccc6cccc(-c7ccccc7)c6c5)cc4)c4ccc(-c5ccccc5)c5oc6cc(-c7ccccc7)ccc6c45)c23)cc1. The summed E-state index contributed by atoms with van der Waals surface area (Å²) in [4.78, 5) is 2.40. The maximum Gasteiger partial charge on any atom is 0.145 e. The van der Waals surface area contributed by atoms with Crippen LogP contribution in [-0.4, -0.2) is 0 Å². The highest BCUT2D eigenvalue weighted by Gasteiger charge is 2.25. The average Bonchev–Trinajstić information content (AvgIpc) is 3.98. The summed E-state index contributed by atoms with van der Waals surface area (Å²) in [5.41, 5.74) is 17.8. The first-order valence-electron chi connectivity index (χ1n) is 22.8. The summed E-state index contributed by atoms with van der Waals surface area (Å²) in [6.45, 7) is 0. The summed E-state index contributed by atoms with van der Waals surface area (Å²) >= 11 is 0. The third kappa shape index (κ3) is 6.67. The Morgan fingerprint density at radius 3 is 1.43 bits per heavy atom. The largest absolute Gasteiger partial charge is 0.456 e. The minimum absolute atomic E-state index is 0.825. The van der Waals surface area contributed by atoms with Crippen molar-refractivity contribution in [3.05, 3.63) is 249 Å². The lowest BCUT2D eigenvalue weighted by molar-refractivity contribution is 0.669. The normalized spacial score (nSPS) is 11.6. The predicted molar refractivity (Wildman–Crippen MR) is 280 cm³/mol. The molecule has 2 heterocycles. The molecule has 0 amide bonds. The summed E-state index contributed by atoms with van der Waals surface area (Å²) in [6, 6.07) is 88.7. The van der Waals surface area contributed by atoms with Crippen molar-refractivity contribution in [3.63, 3.8) is 0 Å². The highest BCUT2D eigenvalue weighted by Crippen LogP contribution is 2.50. The Labute approximate surface area is 388 Å². The minimum Gasteiger partial charge on any atom is -0.456 e. The van der Waals surface area contributed by atoms with Crippen LogP contribution in [0, 0.1) is 0 Å². The number of benzene rings is 11. The highest BCUT2D eigenvalue weighted by atomic mass is 16.3. The van der Waals surface area contributed by atoms with E-state index in [0.717, 1.165) is 105 Å². The Kier molecular flexibility index (Phi) is 9.17. The molecule has 0 spiro atoms. The van der Waals surface area contributed by atoms with Gasteiger partial charge in [0.25, 0.3) is 0 Å². The molecule has 0 fully saturated rings. The summed E-state index contributed by atoms with van der Waals surface area (Å²) < 4.78 is 13.8. The second-order valence-electron chi connectivity index (χ2n) is 17.2. The van der Waals surface area contributed by atoms with Gasteiger partial charge in [-0.3, -0.25) is 0 Å². The Morgan fingerprint density at radius 2 is 0.776 bits per heavy atom. The molecular weight excluding hydrogens is 815 g/mol. The van der Waals surface area contributed by atoms with Crippen molar-refractivity contribution in [3.8, 4) is 55.6 Å². The number of furan rings is 2. The van der Waals surface area contributed by atoms with Crippen molar-refractivity contribution >= 4 is 71.7 Å². The molecule has 3 heteroatoms. The Morgan fingerprint density at radius 1 is 0.269 bits per heavy atom. The molecule has 11 aromatic carbocycles. The van der Waals surface area contributed by atoms with Gasteiger partial charge in [0.05, 0.1) is 22.1 Å². The minimum atomic E-state index is 0.825. The number of fused-ring (bicyclic) bond motifs is 7. The van der Waals surface area contributed by atoms with E-state index in [1.807, 2.05) is 0 Å². The highest BCUT2D eigenvalue weighted by molar-refractivity contribution is 6.20. The van der Waals surface area contributed by atoms with Crippen molar-refractivity contribution in [2.75, 3.05) is 4.90 Å². The van der Waals surface area contributed by atoms with Gasteiger partial charge in [0.15, 0.2) is 0 Å². The Balaban J connectivity index is 1.04. The fraction of sp³-hybridized carbons (Fsp3) is 0. The van der Waals surface area contributed by atoms with E-state index in [-0.39, 0.29) is 0 Å². The second-order valence-corrected chi connectivity index (χ2v) is 17.2. The summed E-state index contributed by atoms with van der Waals surface area (Å²) in [6.07, 6.45) is 0. The quantitative estimate of drug-likeness (QED) is 0.152. The van der Waals surface area contributed by atoms with Crippen LogP contribution in [0.5, 0.6) is 0 Å². The Bertz CT molecular complexity index is 3950. The molecule has 0 N–H and O–H groups in total. The van der Waals surface area contributed by atoms with Gasteiger partial charge in [0.2, 0.25) is 0 Å². The smallest absolute Gasteiger partial charge is 0.145 e. The van der Waals surface area contributed by atoms with Crippen LogP contribution in [-0.2, 0) is 0 Å². The first-order valence-corrected chi connectivity index (χ1v) is 22.8. The van der Waals surface area contributed by atoms with Gasteiger partial charge in [-0.1, -0.05) is 182 Å². The molecule has 0 aliphatic heterocycles. The van der Waals surface area contributed by atoms with Crippen molar-refractivity contribution < 1.29 is 8.83 Å². The van der Waals surface area contributed by atoms with Gasteiger partial charge < -0.3 is 13.7 Å². The first kappa shape index (κ1) is 38.5. The van der Waals surface area contributed by atoms with E-state index in [1.165, 1.54) is 21.9 Å². The first-order chi connectivity index (χ1) is 33.2. The van der Waals surface area contributed by atoms with Crippen molar-refractivity contribution in [1.29, 1.82) is 0 Å². The van der Waals surface area contributed by atoms with Crippen LogP contribution in [0.1, 0.15) is 0 Å². The van der Waals surface area contributed by atoms with Gasteiger partial charge in [-0.15, -0.1) is 0 Å². The molecule has 67 heavy (non-hydrogen) atoms. The molecule has 0 saturated heterocycles. The zero-order chi connectivity index (χ0) is 44.3. The predicted octanol–water partition coefficient (Wildman–Crippen LogP) is 18.4. The van der Waals surface area contributed by atoms with Crippen LogP contribution in [0.15, 0.2) is 258 Å². The molecule has 0 saturated carbocycles. The lowest BCUT2D eigenvalue weighted by atomic mass is 9.94. The molecule has 0 aliphatic rings. The van der Waals surface area contributed by atoms with E-state index in [2.05, 4.69) is 254 Å². The average molecular weight is 856 g/mol. The van der Waals surface area contributed by atoms with Crippen molar-refractivity contribution in [2.24, 2.45) is 0 Å². The molecule has 13 rings (SSSR count). The van der Waals surface area contributed by atoms with E-state index >= 15 is 0 Å². The fourth-order valence-electron chi connectivity index (χ4n) is 10.0. The van der Waals surface area contributed by atoms with Crippen LogP contribution in [0.4, 0.5) is 17.1 Å². The molecule has 0 radical (unpaired) electrons. The van der Waals surface area contributed by atoms with Crippen LogP contribution < -0.4 is 4.90 Å². The van der Waals surface area contributed by atoms with E-state index in [0.29, 0.717) is 0 Å². The van der Waals surface area contributed by atoms with E-state index in [9.17, 15) is 0 Å². The standard InChI is InChI=1S/C64H41NO2/c1-5-15-42(16-6-1)49-31-35-54-60(40-49)66-59-26-14-25-57(62(54)59)65(51-33-29-44(30-34-51)48-28-27-47-23-13-24-52(56(47)39-48)45-19-9-3-10-20-45)58-38-37-53(46-21-11-4-12-22-46)64-63(58)55-36-32-50(41-61(55)67-64)43-17-7-2-8-18-43/h1-41H. The van der Waals surface area contributed by atoms with E-state index in [4.69, 9.17) is 8.83 Å². The number of rotatable bonds is 8. The second kappa shape index (κ2) is 16.0. The van der Waals surface area contributed by atoms with Gasteiger partial charge in [-0.05, 0) is 128 Å². The van der Waals surface area contributed by atoms with Crippen LogP contribution in [0.3, 0.4) is 0 Å². The number of anilines is 3. The lowest BCUT2D eigenvalue weighted by Gasteiger charge is -2.27. The third-order valence-electron chi connectivity index (χ3n) is 13.3. The van der Waals surface area contributed by atoms with Crippen molar-refractivity contribution in [1.82, 2.24) is 0 Å². The van der Waals surface area contributed by atoms with Gasteiger partial charge in [0.1, 0.15) is 22.3 Å². The molecule has 314 valence electrons. The summed E-state index contributed by atoms with van der Waals surface area (Å²) in [5.74, 6) is 0. The molecule has 0 bridgehead atoms. The maximum atomic E-state index is 7.07. The van der Waals surface area contributed by atoms with Crippen LogP contribution in [0.2, 0.25) is 0 Å². The lowest BCUT2D eigenvalue weighted by Crippen LogP contribution is -2.11. The number of hydrogen-bond donors (Lipinski definition) is 0. The zero-order valence-corrected chi connectivity index (χ0v) is 36.4. The summed E-state index contributed by atoms with van der Waals surface area (Å²) in [7, 11) is 0. The van der Waals surface area contributed by atoms with Gasteiger partial charge in [-0.25, -0.2) is 0 Å². The molecule has 0 aliphatic carbocycles. The van der Waals surface area contributed by atoms with Crippen LogP contribution in [0.25, 0.3) is 110 Å². The topological polar surface area (TPSA) is 29.5 Å². The molecular formula is C64H41NO2. The number of nitrogens with zero attached hydrogens (tertiary/aromatic N) is 1. The number of hydrogen-bond acceptors (Lipinski definition) is 3. The maximum absolute atomic E-state index is 7.07. The summed E-state index contributed by atoms with van der Waals surface area (Å²) in [5, 5.41) is 6.64. The van der Waals surface area contributed by atoms with Crippen LogP contribution >= 0.6 is 0 Å². The Hall–Kier alpha value is -8.92. The molecule has 0 unspecified atom stereocenters. The molecule has 3 nitrogen and oxygen atoms in total. The zero-order valence-electron chi connectivity index (χ0n) is 36.4. The van der Waals surface area contributed by atoms with E-state index < -0.39 is 0 Å². The third-order valence-corrected chi connectivity index (χ3v) is 13.3. The van der Waals surface area contributed by atoms with Gasteiger partial charge >= 0.3 is 0 Å². The fourth-order valence-corrected chi connectivity index (χ4v) is 10.0. The van der Waals surface area contributed by atoms with E-state index in [1.54, 1.807) is 0 Å².